The largest absolute Gasteiger partial charge is 0.481 e. The molecule has 8 heteroatoms. The van der Waals surface area contributed by atoms with E-state index in [1.807, 2.05) is 42.5 Å². The Morgan fingerprint density at radius 2 is 1.55 bits per heavy atom. The van der Waals surface area contributed by atoms with E-state index >= 15 is 0 Å². The van der Waals surface area contributed by atoms with Crippen molar-refractivity contribution in [1.82, 2.24) is 4.90 Å². The van der Waals surface area contributed by atoms with E-state index in [0.717, 1.165) is 5.56 Å². The van der Waals surface area contributed by atoms with Gasteiger partial charge in [0.1, 0.15) is 17.3 Å². The predicted molar refractivity (Wildman–Crippen MR) is 116 cm³/mol. The fraction of sp³-hybridized carbons (Fsp3) is 0.240. The predicted octanol–water partition coefficient (Wildman–Crippen LogP) is 4.02. The summed E-state index contributed by atoms with van der Waals surface area (Å²) < 4.78 is 11.2. The second-order valence-corrected chi connectivity index (χ2v) is 7.98. The molecule has 1 amide bonds. The maximum absolute atomic E-state index is 13.3. The first-order valence-corrected chi connectivity index (χ1v) is 10.5. The lowest BCUT2D eigenvalue weighted by Gasteiger charge is -2.40. The maximum atomic E-state index is 13.3. The standard InChI is InChI=1S/C25H23NO7/c27-23(20-13-21(24(28)29)22(20)25(30)31)26(15-19-7-4-12-32-19)14-16-8-10-18(11-9-16)33-17-5-2-1-3-6-17/h1-12,20-22H,13-15H2,(H,28,29)(H,30,31). The van der Waals surface area contributed by atoms with Crippen LogP contribution in [0.5, 0.6) is 11.5 Å². The van der Waals surface area contributed by atoms with E-state index in [0.29, 0.717) is 17.3 Å². The van der Waals surface area contributed by atoms with Crippen LogP contribution in [0.4, 0.5) is 0 Å². The number of nitrogens with zero attached hydrogens (tertiary/aromatic N) is 1. The fourth-order valence-corrected chi connectivity index (χ4v) is 4.05. The Balaban J connectivity index is 1.49. The van der Waals surface area contributed by atoms with Gasteiger partial charge in [-0.2, -0.15) is 0 Å². The molecule has 170 valence electrons. The molecule has 2 aromatic carbocycles. The molecule has 1 heterocycles. The van der Waals surface area contributed by atoms with Crippen LogP contribution < -0.4 is 4.74 Å². The molecule has 4 rings (SSSR count). The van der Waals surface area contributed by atoms with Crippen molar-refractivity contribution in [2.24, 2.45) is 17.8 Å². The molecule has 1 aromatic heterocycles. The summed E-state index contributed by atoms with van der Waals surface area (Å²) >= 11 is 0. The first-order chi connectivity index (χ1) is 15.9. The monoisotopic (exact) mass is 449 g/mol. The van der Waals surface area contributed by atoms with E-state index in [1.54, 1.807) is 24.3 Å². The summed E-state index contributed by atoms with van der Waals surface area (Å²) in [7, 11) is 0. The summed E-state index contributed by atoms with van der Waals surface area (Å²) in [4.78, 5) is 37.7. The van der Waals surface area contributed by atoms with Crippen LogP contribution >= 0.6 is 0 Å². The summed E-state index contributed by atoms with van der Waals surface area (Å²) in [6.07, 6.45) is 1.50. The number of benzene rings is 2. The van der Waals surface area contributed by atoms with Crippen molar-refractivity contribution < 1.29 is 33.8 Å². The van der Waals surface area contributed by atoms with Crippen LogP contribution in [-0.2, 0) is 27.5 Å². The van der Waals surface area contributed by atoms with Gasteiger partial charge in [0.15, 0.2) is 0 Å². The van der Waals surface area contributed by atoms with Gasteiger partial charge in [-0.25, -0.2) is 0 Å². The number of hydrogen-bond donors (Lipinski definition) is 2. The zero-order valence-corrected chi connectivity index (χ0v) is 17.7. The number of furan rings is 1. The highest BCUT2D eigenvalue weighted by atomic mass is 16.5. The molecule has 3 unspecified atom stereocenters. The highest BCUT2D eigenvalue weighted by molar-refractivity contribution is 5.91. The average molecular weight is 449 g/mol. The number of amides is 1. The third kappa shape index (κ3) is 5.06. The van der Waals surface area contributed by atoms with Gasteiger partial charge in [-0.3, -0.25) is 14.4 Å². The van der Waals surface area contributed by atoms with Crippen LogP contribution in [0.1, 0.15) is 17.7 Å². The molecular formula is C25H23NO7. The molecule has 1 fully saturated rings. The fourth-order valence-electron chi connectivity index (χ4n) is 4.05. The van der Waals surface area contributed by atoms with Crippen LogP contribution in [0, 0.1) is 17.8 Å². The topological polar surface area (TPSA) is 117 Å². The van der Waals surface area contributed by atoms with Crippen molar-refractivity contribution in [2.75, 3.05) is 0 Å². The van der Waals surface area contributed by atoms with Crippen molar-refractivity contribution in [2.45, 2.75) is 19.5 Å². The van der Waals surface area contributed by atoms with Crippen molar-refractivity contribution in [3.05, 3.63) is 84.3 Å². The lowest BCUT2D eigenvalue weighted by atomic mass is 9.64. The quantitative estimate of drug-likeness (QED) is 0.507. The normalized spacial score (nSPS) is 19.3. The van der Waals surface area contributed by atoms with Gasteiger partial charge in [-0.1, -0.05) is 30.3 Å². The lowest BCUT2D eigenvalue weighted by molar-refractivity contribution is -0.172. The summed E-state index contributed by atoms with van der Waals surface area (Å²) in [5, 5.41) is 18.7. The van der Waals surface area contributed by atoms with Gasteiger partial charge < -0.3 is 24.3 Å². The summed E-state index contributed by atoms with van der Waals surface area (Å²) in [6.45, 7) is 0.362. The van der Waals surface area contributed by atoms with Gasteiger partial charge in [0.25, 0.3) is 0 Å². The van der Waals surface area contributed by atoms with Gasteiger partial charge in [-0.15, -0.1) is 0 Å². The third-order valence-corrected chi connectivity index (χ3v) is 5.81. The molecule has 3 aromatic rings. The van der Waals surface area contributed by atoms with Crippen molar-refractivity contribution >= 4 is 17.8 Å². The molecule has 8 nitrogen and oxygen atoms in total. The Morgan fingerprint density at radius 1 is 0.848 bits per heavy atom. The highest BCUT2D eigenvalue weighted by Gasteiger charge is 2.54. The zero-order chi connectivity index (χ0) is 23.4. The minimum Gasteiger partial charge on any atom is -0.481 e. The minimum atomic E-state index is -1.27. The SMILES string of the molecule is O=C(O)C1CC(C(=O)N(Cc2ccc(Oc3ccccc3)cc2)Cc2ccco2)C1C(=O)O. The first kappa shape index (κ1) is 22.1. The molecular weight excluding hydrogens is 426 g/mol. The van der Waals surface area contributed by atoms with Gasteiger partial charge in [0.2, 0.25) is 5.91 Å². The Hall–Kier alpha value is -4.07. The third-order valence-electron chi connectivity index (χ3n) is 5.81. The maximum Gasteiger partial charge on any atom is 0.308 e. The number of carboxylic acids is 2. The van der Waals surface area contributed by atoms with Crippen LogP contribution in [-0.4, -0.2) is 33.0 Å². The van der Waals surface area contributed by atoms with E-state index < -0.39 is 35.6 Å². The number of ether oxygens (including phenoxy) is 1. The smallest absolute Gasteiger partial charge is 0.308 e. The Kier molecular flexibility index (Phi) is 6.44. The molecule has 0 saturated heterocycles. The molecule has 3 atom stereocenters. The van der Waals surface area contributed by atoms with Crippen LogP contribution in [0.2, 0.25) is 0 Å². The Bertz CT molecular complexity index is 1110. The number of rotatable bonds is 9. The van der Waals surface area contributed by atoms with Gasteiger partial charge in [-0.05, 0) is 48.4 Å². The van der Waals surface area contributed by atoms with Crippen LogP contribution in [0.15, 0.2) is 77.4 Å². The Morgan fingerprint density at radius 3 is 2.15 bits per heavy atom. The molecule has 2 N–H and O–H groups in total. The van der Waals surface area contributed by atoms with Crippen molar-refractivity contribution in [1.29, 1.82) is 0 Å². The highest BCUT2D eigenvalue weighted by Crippen LogP contribution is 2.42. The van der Waals surface area contributed by atoms with E-state index in [4.69, 9.17) is 9.15 Å². The van der Waals surface area contributed by atoms with Crippen LogP contribution in [0.3, 0.4) is 0 Å². The number of carbonyl (C=O) groups excluding carboxylic acids is 1. The molecule has 0 aliphatic heterocycles. The number of hydrogen-bond acceptors (Lipinski definition) is 5. The second kappa shape index (κ2) is 9.60. The summed E-state index contributed by atoms with van der Waals surface area (Å²) in [5.41, 5.74) is 0.816. The van der Waals surface area contributed by atoms with Crippen molar-refractivity contribution in [3.63, 3.8) is 0 Å². The number of para-hydroxylation sites is 1. The molecule has 33 heavy (non-hydrogen) atoms. The van der Waals surface area contributed by atoms with Gasteiger partial charge in [0.05, 0.1) is 30.6 Å². The molecule has 1 aliphatic carbocycles. The lowest BCUT2D eigenvalue weighted by Crippen LogP contribution is -2.53. The number of carboxylic acid groups (broad SMARTS) is 2. The minimum absolute atomic E-state index is 0.00361. The molecule has 0 spiro atoms. The van der Waals surface area contributed by atoms with E-state index in [1.165, 1.54) is 11.2 Å². The zero-order valence-electron chi connectivity index (χ0n) is 17.7. The van der Waals surface area contributed by atoms with E-state index in [2.05, 4.69) is 0 Å². The van der Waals surface area contributed by atoms with E-state index in [9.17, 15) is 24.6 Å². The van der Waals surface area contributed by atoms with Crippen LogP contribution in [0.25, 0.3) is 0 Å². The molecule has 1 aliphatic rings. The second-order valence-electron chi connectivity index (χ2n) is 7.98. The summed E-state index contributed by atoms with van der Waals surface area (Å²) in [6, 6.07) is 20.0. The number of carbonyl (C=O) groups is 3. The van der Waals surface area contributed by atoms with Crippen molar-refractivity contribution in [3.8, 4) is 11.5 Å². The Labute approximate surface area is 190 Å². The van der Waals surface area contributed by atoms with E-state index in [-0.39, 0.29) is 19.5 Å². The molecule has 1 saturated carbocycles. The van der Waals surface area contributed by atoms with Gasteiger partial charge >= 0.3 is 11.9 Å². The first-order valence-electron chi connectivity index (χ1n) is 10.5. The molecule has 0 bridgehead atoms. The number of aliphatic carboxylic acids is 2. The molecule has 0 radical (unpaired) electrons. The summed E-state index contributed by atoms with van der Waals surface area (Å²) in [5.74, 6) is -4.16. The van der Waals surface area contributed by atoms with Gasteiger partial charge in [0, 0.05) is 6.54 Å². The average Bonchev–Trinajstić information content (AvgIpc) is 3.27.